The first-order chi connectivity index (χ1) is 8.97. The molecule has 0 bridgehead atoms. The number of aryl methyl sites for hydroxylation is 1. The molecule has 2 N–H and O–H groups in total. The van der Waals surface area contributed by atoms with Crippen LogP contribution >= 0.6 is 38.9 Å². The molecule has 0 fully saturated rings. The van der Waals surface area contributed by atoms with Crippen LogP contribution in [0.15, 0.2) is 34.8 Å². The number of ether oxygens (including phenoxy) is 1. The number of benzene rings is 1. The van der Waals surface area contributed by atoms with E-state index in [1.165, 1.54) is 4.88 Å². The van der Waals surface area contributed by atoms with Crippen LogP contribution in [0, 0.1) is 6.92 Å². The Kier molecular flexibility index (Phi) is 4.90. The molecule has 2 rings (SSSR count). The van der Waals surface area contributed by atoms with Crippen molar-refractivity contribution < 1.29 is 4.74 Å². The summed E-state index contributed by atoms with van der Waals surface area (Å²) in [4.78, 5) is 2.36. The van der Waals surface area contributed by atoms with Gasteiger partial charge in [0.15, 0.2) is 0 Å². The largest absolute Gasteiger partial charge is 0.482 e. The van der Waals surface area contributed by atoms with Gasteiger partial charge >= 0.3 is 0 Å². The second kappa shape index (κ2) is 6.27. The Balaban J connectivity index is 2.26. The van der Waals surface area contributed by atoms with Crippen LogP contribution in [0.5, 0.6) is 5.75 Å². The van der Waals surface area contributed by atoms with Crippen LogP contribution in [-0.2, 0) is 0 Å². The van der Waals surface area contributed by atoms with E-state index in [9.17, 15) is 0 Å². The van der Waals surface area contributed by atoms with Gasteiger partial charge in [0.25, 0.3) is 0 Å². The quantitative estimate of drug-likeness (QED) is 0.838. The predicted molar refractivity (Wildman–Crippen MR) is 85.2 cm³/mol. The number of thiophene rings is 1. The van der Waals surface area contributed by atoms with Gasteiger partial charge in [0.2, 0.25) is 0 Å². The van der Waals surface area contributed by atoms with Crippen molar-refractivity contribution in [2.45, 2.75) is 26.0 Å². The number of hydrogen-bond acceptors (Lipinski definition) is 3. The molecule has 0 radical (unpaired) electrons. The SMILES string of the molecule is Cc1ccc(C(Oc2ccc(Br)cc2Cl)C(C)N)s1. The Labute approximate surface area is 130 Å². The highest BCUT2D eigenvalue weighted by molar-refractivity contribution is 9.10. The maximum absolute atomic E-state index is 6.18. The first-order valence-electron chi connectivity index (χ1n) is 5.91. The summed E-state index contributed by atoms with van der Waals surface area (Å²) >= 11 is 11.3. The molecule has 0 aliphatic heterocycles. The molecule has 0 saturated heterocycles. The minimum absolute atomic E-state index is 0.113. The van der Waals surface area contributed by atoms with Crippen molar-refractivity contribution in [1.82, 2.24) is 0 Å². The van der Waals surface area contributed by atoms with Gasteiger partial charge in [0, 0.05) is 20.3 Å². The van der Waals surface area contributed by atoms with Gasteiger partial charge in [-0.15, -0.1) is 11.3 Å². The third kappa shape index (κ3) is 3.72. The van der Waals surface area contributed by atoms with E-state index >= 15 is 0 Å². The molecule has 0 aliphatic rings. The molecule has 1 aromatic carbocycles. The van der Waals surface area contributed by atoms with Crippen molar-refractivity contribution in [2.75, 3.05) is 0 Å². The summed E-state index contributed by atoms with van der Waals surface area (Å²) in [6.07, 6.45) is -0.183. The molecule has 2 atom stereocenters. The lowest BCUT2D eigenvalue weighted by Crippen LogP contribution is -2.28. The summed E-state index contributed by atoms with van der Waals surface area (Å²) < 4.78 is 6.92. The lowest BCUT2D eigenvalue weighted by Gasteiger charge is -2.22. The first-order valence-corrected chi connectivity index (χ1v) is 7.89. The topological polar surface area (TPSA) is 35.2 Å². The third-order valence-electron chi connectivity index (χ3n) is 2.67. The molecule has 0 amide bonds. The second-order valence-electron chi connectivity index (χ2n) is 4.42. The van der Waals surface area contributed by atoms with Gasteiger partial charge in [-0.3, -0.25) is 0 Å². The molecule has 2 unspecified atom stereocenters. The number of rotatable bonds is 4. The Morgan fingerprint density at radius 3 is 2.58 bits per heavy atom. The van der Waals surface area contributed by atoms with Gasteiger partial charge in [0.05, 0.1) is 5.02 Å². The average Bonchev–Trinajstić information content (AvgIpc) is 2.74. The molecule has 2 aromatic rings. The predicted octanol–water partition coefficient (Wildman–Crippen LogP) is 4.94. The summed E-state index contributed by atoms with van der Waals surface area (Å²) in [5.41, 5.74) is 6.04. The maximum atomic E-state index is 6.18. The normalized spacial score (nSPS) is 14.2. The zero-order valence-corrected chi connectivity index (χ0v) is 13.8. The molecular formula is C14H15BrClNOS. The molecule has 102 valence electrons. The van der Waals surface area contributed by atoms with Crippen molar-refractivity contribution in [3.05, 3.63) is 49.6 Å². The minimum Gasteiger partial charge on any atom is -0.482 e. The van der Waals surface area contributed by atoms with E-state index in [4.69, 9.17) is 22.1 Å². The van der Waals surface area contributed by atoms with Crippen LogP contribution in [0.4, 0.5) is 0 Å². The van der Waals surface area contributed by atoms with Gasteiger partial charge in [-0.1, -0.05) is 27.5 Å². The van der Waals surface area contributed by atoms with E-state index in [2.05, 4.69) is 35.0 Å². The first kappa shape index (κ1) is 14.9. The maximum Gasteiger partial charge on any atom is 0.148 e. The number of nitrogens with two attached hydrogens (primary N) is 1. The lowest BCUT2D eigenvalue weighted by molar-refractivity contribution is 0.184. The van der Waals surface area contributed by atoms with Crippen LogP contribution in [0.2, 0.25) is 5.02 Å². The smallest absolute Gasteiger partial charge is 0.148 e. The van der Waals surface area contributed by atoms with E-state index in [-0.39, 0.29) is 12.1 Å². The molecule has 1 aromatic heterocycles. The fraction of sp³-hybridized carbons (Fsp3) is 0.286. The van der Waals surface area contributed by atoms with Crippen molar-refractivity contribution in [2.24, 2.45) is 5.73 Å². The van der Waals surface area contributed by atoms with Crippen molar-refractivity contribution in [3.8, 4) is 5.75 Å². The Morgan fingerprint density at radius 2 is 2.05 bits per heavy atom. The van der Waals surface area contributed by atoms with Crippen LogP contribution < -0.4 is 10.5 Å². The second-order valence-corrected chi connectivity index (χ2v) is 7.06. The monoisotopic (exact) mass is 359 g/mol. The molecule has 5 heteroatoms. The molecule has 1 heterocycles. The molecule has 2 nitrogen and oxygen atoms in total. The van der Waals surface area contributed by atoms with Crippen LogP contribution in [0.25, 0.3) is 0 Å². The van der Waals surface area contributed by atoms with Gasteiger partial charge in [-0.25, -0.2) is 0 Å². The molecule has 0 saturated carbocycles. The van der Waals surface area contributed by atoms with Gasteiger partial charge in [0.1, 0.15) is 11.9 Å². The van der Waals surface area contributed by atoms with E-state index in [0.717, 1.165) is 9.35 Å². The highest BCUT2D eigenvalue weighted by Crippen LogP contribution is 2.34. The number of hydrogen-bond donors (Lipinski definition) is 1. The van der Waals surface area contributed by atoms with Gasteiger partial charge in [-0.05, 0) is 44.2 Å². The molecule has 0 aliphatic carbocycles. The van der Waals surface area contributed by atoms with Gasteiger partial charge < -0.3 is 10.5 Å². The van der Waals surface area contributed by atoms with Gasteiger partial charge in [-0.2, -0.15) is 0 Å². The van der Waals surface area contributed by atoms with E-state index in [1.54, 1.807) is 11.3 Å². The minimum atomic E-state index is -0.183. The van der Waals surface area contributed by atoms with E-state index < -0.39 is 0 Å². The van der Waals surface area contributed by atoms with Crippen LogP contribution in [0.1, 0.15) is 22.8 Å². The Morgan fingerprint density at radius 1 is 1.32 bits per heavy atom. The van der Waals surface area contributed by atoms with Crippen molar-refractivity contribution >= 4 is 38.9 Å². The summed E-state index contributed by atoms with van der Waals surface area (Å²) in [5, 5.41) is 0.577. The fourth-order valence-corrected chi connectivity index (χ4v) is 3.48. The van der Waals surface area contributed by atoms with Crippen LogP contribution in [0.3, 0.4) is 0 Å². The van der Waals surface area contributed by atoms with Crippen LogP contribution in [-0.4, -0.2) is 6.04 Å². The summed E-state index contributed by atoms with van der Waals surface area (Å²) in [7, 11) is 0. The zero-order chi connectivity index (χ0) is 14.0. The third-order valence-corrected chi connectivity index (χ3v) is 4.52. The summed E-state index contributed by atoms with van der Waals surface area (Å²) in [6.45, 7) is 4.01. The molecule has 0 spiro atoms. The van der Waals surface area contributed by atoms with E-state index in [0.29, 0.717) is 10.8 Å². The molecular weight excluding hydrogens is 346 g/mol. The highest BCUT2D eigenvalue weighted by atomic mass is 79.9. The molecule has 19 heavy (non-hydrogen) atoms. The Bertz CT molecular complexity index is 570. The standard InChI is InChI=1S/C14H15BrClNOS/c1-8-3-6-13(19-8)14(9(2)17)18-12-5-4-10(15)7-11(12)16/h3-7,9,14H,17H2,1-2H3. The summed E-state index contributed by atoms with van der Waals surface area (Å²) in [6, 6.07) is 9.58. The average molecular weight is 361 g/mol. The Hall–Kier alpha value is -0.550. The zero-order valence-electron chi connectivity index (χ0n) is 10.7. The lowest BCUT2D eigenvalue weighted by atomic mass is 10.1. The van der Waals surface area contributed by atoms with Crippen molar-refractivity contribution in [1.29, 1.82) is 0 Å². The summed E-state index contributed by atoms with van der Waals surface area (Å²) in [5.74, 6) is 0.651. The van der Waals surface area contributed by atoms with Crippen molar-refractivity contribution in [3.63, 3.8) is 0 Å². The number of halogens is 2. The fourth-order valence-electron chi connectivity index (χ4n) is 1.74. The highest BCUT2D eigenvalue weighted by Gasteiger charge is 2.21. The van der Waals surface area contributed by atoms with E-state index in [1.807, 2.05) is 25.1 Å².